The highest BCUT2D eigenvalue weighted by atomic mass is 19.1. The van der Waals surface area contributed by atoms with Gasteiger partial charge in [0.05, 0.1) is 17.8 Å². The second kappa shape index (κ2) is 3.30. The lowest BCUT2D eigenvalue weighted by atomic mass is 10.1. The van der Waals surface area contributed by atoms with Crippen molar-refractivity contribution in [3.05, 3.63) is 23.5 Å². The molecule has 0 aliphatic carbocycles. The van der Waals surface area contributed by atoms with Crippen LogP contribution in [0.25, 0.3) is 0 Å². The van der Waals surface area contributed by atoms with Crippen molar-refractivity contribution < 1.29 is 14.3 Å². The number of carboxylic acid groups (broad SMARTS) is 1. The van der Waals surface area contributed by atoms with Crippen LogP contribution < -0.4 is 11.5 Å². The summed E-state index contributed by atoms with van der Waals surface area (Å²) in [6.45, 7) is 0. The van der Waals surface area contributed by atoms with Crippen molar-refractivity contribution in [3.8, 4) is 0 Å². The smallest absolute Gasteiger partial charge is 0.308 e. The Morgan fingerprint density at radius 2 is 2.08 bits per heavy atom. The zero-order valence-electron chi connectivity index (χ0n) is 6.75. The summed E-state index contributed by atoms with van der Waals surface area (Å²) >= 11 is 0. The molecular formula is C8H9FN2O2. The Kier molecular flexibility index (Phi) is 2.36. The number of halogens is 1. The molecule has 0 aliphatic rings. The molecule has 0 bridgehead atoms. The molecule has 0 heterocycles. The fraction of sp³-hybridized carbons (Fsp3) is 0.125. The van der Waals surface area contributed by atoms with Gasteiger partial charge in [-0.3, -0.25) is 4.79 Å². The standard InChI is InChI=1S/C8H9FN2O2/c9-5-1-2-6(10)8(11)4(5)3-7(12)13/h1-2H,3,10-11H2,(H,12,13). The highest BCUT2D eigenvalue weighted by molar-refractivity contribution is 5.77. The molecule has 13 heavy (non-hydrogen) atoms. The van der Waals surface area contributed by atoms with Gasteiger partial charge in [0.15, 0.2) is 0 Å². The second-order valence-electron chi connectivity index (χ2n) is 2.60. The van der Waals surface area contributed by atoms with Crippen molar-refractivity contribution in [3.63, 3.8) is 0 Å². The Balaban J connectivity index is 3.17. The number of benzene rings is 1. The van der Waals surface area contributed by atoms with Crippen molar-refractivity contribution >= 4 is 17.3 Å². The van der Waals surface area contributed by atoms with Crippen molar-refractivity contribution in [1.82, 2.24) is 0 Å². The maximum atomic E-state index is 13.0. The Hall–Kier alpha value is -1.78. The van der Waals surface area contributed by atoms with Crippen LogP contribution >= 0.6 is 0 Å². The topological polar surface area (TPSA) is 89.3 Å². The lowest BCUT2D eigenvalue weighted by Crippen LogP contribution is -2.08. The van der Waals surface area contributed by atoms with E-state index in [4.69, 9.17) is 16.6 Å². The molecule has 1 aromatic carbocycles. The second-order valence-corrected chi connectivity index (χ2v) is 2.60. The number of nitrogen functional groups attached to an aromatic ring is 2. The van der Waals surface area contributed by atoms with E-state index in [9.17, 15) is 9.18 Å². The summed E-state index contributed by atoms with van der Waals surface area (Å²) in [6.07, 6.45) is -0.456. The average Bonchev–Trinajstić information content (AvgIpc) is 2.05. The molecule has 0 aliphatic heterocycles. The maximum absolute atomic E-state index is 13.0. The summed E-state index contributed by atoms with van der Waals surface area (Å²) < 4.78 is 13.0. The minimum atomic E-state index is -1.14. The van der Waals surface area contributed by atoms with E-state index in [1.165, 1.54) is 6.07 Å². The monoisotopic (exact) mass is 184 g/mol. The normalized spacial score (nSPS) is 9.92. The molecule has 5 N–H and O–H groups in total. The van der Waals surface area contributed by atoms with Crippen LogP contribution in [0.4, 0.5) is 15.8 Å². The molecule has 0 amide bonds. The molecule has 0 saturated heterocycles. The van der Waals surface area contributed by atoms with Crippen LogP contribution in [0.1, 0.15) is 5.56 Å². The van der Waals surface area contributed by atoms with E-state index in [0.29, 0.717) is 0 Å². The van der Waals surface area contributed by atoms with Gasteiger partial charge in [-0.15, -0.1) is 0 Å². The summed E-state index contributed by atoms with van der Waals surface area (Å²) in [6, 6.07) is 2.40. The maximum Gasteiger partial charge on any atom is 0.308 e. The molecule has 1 rings (SSSR count). The fourth-order valence-electron chi connectivity index (χ4n) is 0.987. The highest BCUT2D eigenvalue weighted by Gasteiger charge is 2.12. The Bertz CT molecular complexity index is 352. The Morgan fingerprint density at radius 3 is 2.62 bits per heavy atom. The first-order valence-electron chi connectivity index (χ1n) is 3.56. The zero-order valence-corrected chi connectivity index (χ0v) is 6.75. The van der Waals surface area contributed by atoms with Crippen molar-refractivity contribution in [1.29, 1.82) is 0 Å². The first-order valence-corrected chi connectivity index (χ1v) is 3.56. The molecule has 0 atom stereocenters. The predicted octanol–water partition coefficient (Wildman–Crippen LogP) is 0.617. The first kappa shape index (κ1) is 9.31. The summed E-state index contributed by atoms with van der Waals surface area (Å²) in [5.41, 5.74) is 10.9. The van der Waals surface area contributed by atoms with Gasteiger partial charge in [-0.2, -0.15) is 0 Å². The van der Waals surface area contributed by atoms with Gasteiger partial charge in [-0.25, -0.2) is 4.39 Å². The zero-order chi connectivity index (χ0) is 10.0. The van der Waals surface area contributed by atoms with E-state index in [1.807, 2.05) is 0 Å². The largest absolute Gasteiger partial charge is 0.481 e. The number of nitrogens with two attached hydrogens (primary N) is 2. The molecule has 0 fully saturated rings. The van der Waals surface area contributed by atoms with Gasteiger partial charge in [0.1, 0.15) is 5.82 Å². The van der Waals surface area contributed by atoms with Gasteiger partial charge >= 0.3 is 5.97 Å². The Morgan fingerprint density at radius 1 is 1.46 bits per heavy atom. The number of anilines is 2. The Labute approximate surface area is 74.0 Å². The number of hydrogen-bond acceptors (Lipinski definition) is 3. The van der Waals surface area contributed by atoms with E-state index in [2.05, 4.69) is 0 Å². The molecule has 4 nitrogen and oxygen atoms in total. The molecule has 0 spiro atoms. The van der Waals surface area contributed by atoms with Crippen LogP contribution in [0, 0.1) is 5.82 Å². The molecule has 70 valence electrons. The van der Waals surface area contributed by atoms with Crippen LogP contribution in [-0.4, -0.2) is 11.1 Å². The average molecular weight is 184 g/mol. The van der Waals surface area contributed by atoms with E-state index < -0.39 is 18.2 Å². The number of carboxylic acids is 1. The highest BCUT2D eigenvalue weighted by Crippen LogP contribution is 2.23. The minimum Gasteiger partial charge on any atom is -0.481 e. The molecular weight excluding hydrogens is 175 g/mol. The SMILES string of the molecule is Nc1ccc(F)c(CC(=O)O)c1N. The predicted molar refractivity (Wildman–Crippen MR) is 46.6 cm³/mol. The molecule has 5 heteroatoms. The van der Waals surface area contributed by atoms with E-state index in [-0.39, 0.29) is 16.9 Å². The van der Waals surface area contributed by atoms with Gasteiger partial charge in [-0.1, -0.05) is 0 Å². The number of hydrogen-bond donors (Lipinski definition) is 3. The van der Waals surface area contributed by atoms with Crippen LogP contribution in [0.5, 0.6) is 0 Å². The third-order valence-corrected chi connectivity index (χ3v) is 1.66. The minimum absolute atomic E-state index is 0.00222. The molecule has 0 aromatic heterocycles. The molecule has 0 saturated carbocycles. The van der Waals surface area contributed by atoms with Gasteiger partial charge in [-0.05, 0) is 12.1 Å². The van der Waals surface area contributed by atoms with Crippen LogP contribution in [0.3, 0.4) is 0 Å². The number of rotatable bonds is 2. The fourth-order valence-corrected chi connectivity index (χ4v) is 0.987. The lowest BCUT2D eigenvalue weighted by Gasteiger charge is -2.06. The van der Waals surface area contributed by atoms with Gasteiger partial charge in [0, 0.05) is 5.56 Å². The third kappa shape index (κ3) is 1.87. The third-order valence-electron chi connectivity index (χ3n) is 1.66. The number of carbonyl (C=O) groups is 1. The summed E-state index contributed by atoms with van der Waals surface area (Å²) in [7, 11) is 0. The molecule has 0 unspecified atom stereocenters. The van der Waals surface area contributed by atoms with E-state index >= 15 is 0 Å². The van der Waals surface area contributed by atoms with Crippen LogP contribution in [0.2, 0.25) is 0 Å². The lowest BCUT2D eigenvalue weighted by molar-refractivity contribution is -0.136. The summed E-state index contributed by atoms with van der Waals surface area (Å²) in [4.78, 5) is 10.3. The van der Waals surface area contributed by atoms with Gasteiger partial charge in [0.2, 0.25) is 0 Å². The van der Waals surface area contributed by atoms with Crippen LogP contribution in [-0.2, 0) is 11.2 Å². The molecule has 1 aromatic rings. The summed E-state index contributed by atoms with van der Waals surface area (Å²) in [5, 5.41) is 8.44. The van der Waals surface area contributed by atoms with Crippen LogP contribution in [0.15, 0.2) is 12.1 Å². The quantitative estimate of drug-likeness (QED) is 0.587. The number of aliphatic carboxylic acids is 1. The first-order chi connectivity index (χ1) is 6.02. The van der Waals surface area contributed by atoms with E-state index in [1.54, 1.807) is 0 Å². The van der Waals surface area contributed by atoms with Gasteiger partial charge in [0.25, 0.3) is 0 Å². The summed E-state index contributed by atoms with van der Waals surface area (Å²) in [5.74, 6) is -1.79. The van der Waals surface area contributed by atoms with Crippen molar-refractivity contribution in [2.24, 2.45) is 0 Å². The van der Waals surface area contributed by atoms with Gasteiger partial charge < -0.3 is 16.6 Å². The molecule has 0 radical (unpaired) electrons. The van der Waals surface area contributed by atoms with Crippen molar-refractivity contribution in [2.75, 3.05) is 11.5 Å². The van der Waals surface area contributed by atoms with E-state index in [0.717, 1.165) is 6.07 Å². The van der Waals surface area contributed by atoms with Crippen molar-refractivity contribution in [2.45, 2.75) is 6.42 Å².